The molecule has 2 aromatic heterocycles. The van der Waals surface area contributed by atoms with Gasteiger partial charge < -0.3 is 5.48 Å². The number of thiophene rings is 2. The summed E-state index contributed by atoms with van der Waals surface area (Å²) >= 11 is 3.68. The Bertz CT molecular complexity index is 1620. The summed E-state index contributed by atoms with van der Waals surface area (Å²) in [4.78, 5) is 33.9. The van der Waals surface area contributed by atoms with Gasteiger partial charge in [0.25, 0.3) is 0 Å². The molecule has 4 aromatic carbocycles. The minimum atomic E-state index is 0. The van der Waals surface area contributed by atoms with E-state index in [0.29, 0.717) is 0 Å². The average Bonchev–Trinajstić information content (AvgIpc) is 3.56. The number of carbonyl (C=O) groups excluding carboxylic acids is 4. The Morgan fingerprint density at radius 3 is 1.54 bits per heavy atom. The van der Waals surface area contributed by atoms with Crippen molar-refractivity contribution in [3.63, 3.8) is 0 Å². The normalized spacial score (nSPS) is 8.95. The fourth-order valence-electron chi connectivity index (χ4n) is 3.87. The Morgan fingerprint density at radius 2 is 1.03 bits per heavy atom. The van der Waals surface area contributed by atoms with Gasteiger partial charge in [-0.3, -0.25) is 0 Å². The largest absolute Gasteiger partial charge is 1.00 e. The number of aryl methyl sites for hydroxylation is 1. The maximum absolute atomic E-state index is 8.12. The summed E-state index contributed by atoms with van der Waals surface area (Å²) in [7, 11) is 0. The second-order valence-corrected chi connectivity index (χ2v) is 9.80. The first-order chi connectivity index (χ1) is 18.1. The third-order valence-electron chi connectivity index (χ3n) is 5.32. The van der Waals surface area contributed by atoms with Crippen molar-refractivity contribution in [2.75, 3.05) is 0 Å². The molecule has 0 radical (unpaired) electrons. The van der Waals surface area contributed by atoms with Crippen molar-refractivity contribution in [3.05, 3.63) is 119 Å². The molecule has 1 N–H and O–H groups in total. The molecule has 0 saturated heterocycles. The molecular formula is C31H23LiO5S2. The number of hydrogen-bond acceptors (Lipinski definition) is 7. The minimum absolute atomic E-state index is 0. The number of benzene rings is 4. The summed E-state index contributed by atoms with van der Waals surface area (Å²) < 4.78 is 2.77. The van der Waals surface area contributed by atoms with Crippen molar-refractivity contribution in [3.8, 4) is 22.3 Å². The van der Waals surface area contributed by atoms with E-state index in [1.165, 1.54) is 47.3 Å². The maximum atomic E-state index is 8.12. The van der Waals surface area contributed by atoms with Crippen LogP contribution in [0.1, 0.15) is 4.88 Å². The fourth-order valence-corrected chi connectivity index (χ4v) is 5.86. The van der Waals surface area contributed by atoms with E-state index in [9.17, 15) is 0 Å². The van der Waals surface area contributed by atoms with E-state index >= 15 is 0 Å². The maximum Gasteiger partial charge on any atom is 1.00 e. The topological polar surface area (TPSA) is 98.3 Å². The monoisotopic (exact) mass is 546 g/mol. The van der Waals surface area contributed by atoms with Gasteiger partial charge in [-0.1, -0.05) is 97.1 Å². The van der Waals surface area contributed by atoms with Gasteiger partial charge in [-0.2, -0.15) is 19.2 Å². The van der Waals surface area contributed by atoms with E-state index < -0.39 is 0 Å². The molecule has 5 nitrogen and oxygen atoms in total. The molecule has 190 valence electrons. The van der Waals surface area contributed by atoms with E-state index in [2.05, 4.69) is 121 Å². The molecule has 0 unspecified atom stereocenters. The molecule has 0 aliphatic heterocycles. The third kappa shape index (κ3) is 9.12. The first kappa shape index (κ1) is 33.1. The van der Waals surface area contributed by atoms with Crippen LogP contribution >= 0.6 is 22.7 Å². The van der Waals surface area contributed by atoms with Crippen molar-refractivity contribution < 1.29 is 43.5 Å². The predicted molar refractivity (Wildman–Crippen MR) is 151 cm³/mol. The Morgan fingerprint density at radius 1 is 0.564 bits per heavy atom. The summed E-state index contributed by atoms with van der Waals surface area (Å²) in [6.45, 7) is 2.17. The average molecular weight is 547 g/mol. The number of rotatable bonds is 2. The van der Waals surface area contributed by atoms with Crippen LogP contribution in [0.15, 0.2) is 115 Å². The van der Waals surface area contributed by atoms with Gasteiger partial charge in [-0.05, 0) is 57.5 Å². The van der Waals surface area contributed by atoms with E-state index in [0.717, 1.165) is 0 Å². The predicted octanol–water partition coefficient (Wildman–Crippen LogP) is 5.11. The van der Waals surface area contributed by atoms with E-state index in [-0.39, 0.29) is 36.6 Å². The zero-order valence-electron chi connectivity index (χ0n) is 21.4. The number of fused-ring (bicyclic) bond motifs is 2. The third-order valence-corrected chi connectivity index (χ3v) is 7.38. The van der Waals surface area contributed by atoms with Crippen LogP contribution in [0.3, 0.4) is 0 Å². The molecule has 2 heterocycles. The molecule has 0 aliphatic rings. The fraction of sp³-hybridized carbons (Fsp3) is 0.0323. The second-order valence-electron chi connectivity index (χ2n) is 7.62. The van der Waals surface area contributed by atoms with Crippen LogP contribution in [0.25, 0.3) is 42.4 Å². The molecule has 0 bridgehead atoms. The molecule has 0 atom stereocenters. The summed E-state index contributed by atoms with van der Waals surface area (Å²) in [5.74, 6) is 0. The van der Waals surface area contributed by atoms with Crippen LogP contribution in [0.4, 0.5) is 0 Å². The van der Waals surface area contributed by atoms with E-state index in [4.69, 9.17) is 19.2 Å². The van der Waals surface area contributed by atoms with Crippen LogP contribution in [-0.2, 0) is 19.2 Å². The first-order valence-electron chi connectivity index (χ1n) is 11.2. The summed E-state index contributed by atoms with van der Waals surface area (Å²) in [5, 5.41) is 4.84. The Hall–Kier alpha value is -3.88. The second kappa shape index (κ2) is 17.6. The van der Waals surface area contributed by atoms with Gasteiger partial charge >= 0.3 is 31.2 Å². The molecule has 0 aliphatic carbocycles. The molecule has 8 heteroatoms. The Kier molecular flexibility index (Phi) is 15.0. The van der Waals surface area contributed by atoms with Gasteiger partial charge in [-0.15, -0.1) is 22.7 Å². The Balaban J connectivity index is 0.000000312. The van der Waals surface area contributed by atoms with Gasteiger partial charge in [0, 0.05) is 14.3 Å². The van der Waals surface area contributed by atoms with Crippen molar-refractivity contribution in [1.29, 1.82) is 0 Å². The van der Waals surface area contributed by atoms with Crippen molar-refractivity contribution in [2.45, 2.75) is 6.92 Å². The first-order valence-corrected chi connectivity index (χ1v) is 12.9. The molecular weight excluding hydrogens is 523 g/mol. The smallest absolute Gasteiger partial charge is 0.870 e. The van der Waals surface area contributed by atoms with E-state index in [1.54, 1.807) is 0 Å². The van der Waals surface area contributed by atoms with Crippen LogP contribution in [-0.4, -0.2) is 17.8 Å². The van der Waals surface area contributed by atoms with Crippen molar-refractivity contribution in [1.82, 2.24) is 0 Å². The van der Waals surface area contributed by atoms with Gasteiger partial charge in [0.2, 0.25) is 0 Å². The quantitative estimate of drug-likeness (QED) is 0.281. The van der Waals surface area contributed by atoms with Crippen molar-refractivity contribution >= 4 is 55.1 Å². The van der Waals surface area contributed by atoms with Crippen LogP contribution in [0.2, 0.25) is 0 Å². The molecule has 0 fully saturated rings. The zero-order valence-corrected chi connectivity index (χ0v) is 23.0. The van der Waals surface area contributed by atoms with Crippen LogP contribution in [0, 0.1) is 6.92 Å². The molecule has 0 amide bonds. The molecule has 39 heavy (non-hydrogen) atoms. The minimum Gasteiger partial charge on any atom is -0.870 e. The van der Waals surface area contributed by atoms with Gasteiger partial charge in [0.05, 0.1) is 0 Å². The summed E-state index contributed by atoms with van der Waals surface area (Å²) in [6, 6.07) is 38.6. The van der Waals surface area contributed by atoms with Crippen molar-refractivity contribution in [2.24, 2.45) is 0 Å². The van der Waals surface area contributed by atoms with Gasteiger partial charge in [0.15, 0.2) is 0 Å². The summed E-state index contributed by atoms with van der Waals surface area (Å²) in [6.07, 6.45) is 0.500. The molecule has 6 aromatic rings. The number of hydrogen-bond donors (Lipinski definition) is 0. The SMILES string of the molecule is Cc1cc2cccc(-c3ccccc3)c2s1.O=C=O.O=C=O.[Li+].[OH-].c1ccc(-c2cccc3ccsc23)cc1. The molecule has 0 saturated carbocycles. The van der Waals surface area contributed by atoms with Gasteiger partial charge in [-0.25, -0.2) is 0 Å². The zero-order chi connectivity index (χ0) is 26.5. The van der Waals surface area contributed by atoms with Crippen LogP contribution < -0.4 is 18.9 Å². The van der Waals surface area contributed by atoms with Crippen LogP contribution in [0.5, 0.6) is 0 Å². The molecule has 0 spiro atoms. The standard InChI is InChI=1S/C15H12S.C14H10S.2CO2.Li.H2O/c1-11-10-13-8-5-9-14(15(13)16-11)12-6-3-2-4-7-12;1-2-5-11(6-3-1)13-8-4-7-12-9-10-15-14(12)13;2*2-1-3;;/h2-10H,1H3;1-10H;;;;1H2/q;;;;+1;/p-1. The Labute approximate surface area is 246 Å². The van der Waals surface area contributed by atoms with E-state index in [1.807, 2.05) is 22.7 Å². The summed E-state index contributed by atoms with van der Waals surface area (Å²) in [5.41, 5.74) is 5.28. The molecule has 6 rings (SSSR count). The van der Waals surface area contributed by atoms with Gasteiger partial charge in [0.1, 0.15) is 0 Å².